The third-order valence-electron chi connectivity index (χ3n) is 4.61. The van der Waals surface area contributed by atoms with Crippen molar-refractivity contribution in [1.82, 2.24) is 25.0 Å². The number of aryl methyl sites for hydroxylation is 1. The van der Waals surface area contributed by atoms with E-state index in [1.807, 2.05) is 11.7 Å². The molecule has 0 radical (unpaired) electrons. The summed E-state index contributed by atoms with van der Waals surface area (Å²) in [5.41, 5.74) is 0.380. The largest absolute Gasteiger partial charge is 0.308 e. The summed E-state index contributed by atoms with van der Waals surface area (Å²) in [6.45, 7) is 5.46. The van der Waals surface area contributed by atoms with E-state index in [2.05, 4.69) is 27.2 Å². The lowest BCUT2D eigenvalue weighted by Crippen LogP contribution is -2.62. The Morgan fingerprint density at radius 2 is 2.22 bits per heavy atom. The first-order valence-corrected chi connectivity index (χ1v) is 7.00. The molecular weight excluding hydrogens is 226 g/mol. The van der Waals surface area contributed by atoms with E-state index in [-0.39, 0.29) is 0 Å². The normalized spacial score (nSPS) is 28.0. The van der Waals surface area contributed by atoms with Crippen molar-refractivity contribution in [2.75, 3.05) is 13.1 Å². The Bertz CT molecular complexity index is 407. The monoisotopic (exact) mass is 249 g/mol. The molecule has 1 spiro atoms. The molecule has 2 aliphatic rings. The van der Waals surface area contributed by atoms with E-state index in [9.17, 15) is 0 Å². The highest BCUT2D eigenvalue weighted by molar-refractivity contribution is 5.01. The summed E-state index contributed by atoms with van der Waals surface area (Å²) in [6.07, 6.45) is 7.05. The molecule has 0 amide bonds. The predicted octanol–water partition coefficient (Wildman–Crippen LogP) is 0.922. The average molecular weight is 249 g/mol. The summed E-state index contributed by atoms with van der Waals surface area (Å²) in [4.78, 5) is 6.91. The van der Waals surface area contributed by atoms with Crippen LogP contribution in [-0.4, -0.2) is 44.3 Å². The van der Waals surface area contributed by atoms with Crippen molar-refractivity contribution in [2.24, 2.45) is 7.05 Å². The van der Waals surface area contributed by atoms with Gasteiger partial charge in [-0.3, -0.25) is 9.58 Å². The molecule has 1 aromatic heterocycles. The van der Waals surface area contributed by atoms with Gasteiger partial charge in [-0.15, -0.1) is 0 Å². The number of rotatable bonds is 2. The van der Waals surface area contributed by atoms with E-state index in [0.717, 1.165) is 25.5 Å². The molecule has 1 aliphatic heterocycles. The molecule has 0 aromatic carbocycles. The van der Waals surface area contributed by atoms with Crippen LogP contribution in [0.5, 0.6) is 0 Å². The first-order valence-electron chi connectivity index (χ1n) is 7.00. The SMILES string of the molecule is CC1CNC2(CCCC2)CN1Cc1ncnn1C. The lowest BCUT2D eigenvalue weighted by Gasteiger charge is -2.45. The van der Waals surface area contributed by atoms with Crippen LogP contribution in [0.2, 0.25) is 0 Å². The third-order valence-corrected chi connectivity index (χ3v) is 4.61. The predicted molar refractivity (Wildman–Crippen MR) is 70.1 cm³/mol. The topological polar surface area (TPSA) is 46.0 Å². The van der Waals surface area contributed by atoms with Gasteiger partial charge >= 0.3 is 0 Å². The molecule has 1 N–H and O–H groups in total. The van der Waals surface area contributed by atoms with E-state index in [4.69, 9.17) is 0 Å². The summed E-state index contributed by atoms with van der Waals surface area (Å²) in [6, 6.07) is 0.577. The van der Waals surface area contributed by atoms with Crippen molar-refractivity contribution in [3.8, 4) is 0 Å². The highest BCUT2D eigenvalue weighted by Gasteiger charge is 2.39. The van der Waals surface area contributed by atoms with Crippen LogP contribution < -0.4 is 5.32 Å². The average Bonchev–Trinajstić information content (AvgIpc) is 2.96. The molecule has 100 valence electrons. The Balaban J connectivity index is 1.72. The van der Waals surface area contributed by atoms with Gasteiger partial charge in [-0.1, -0.05) is 12.8 Å². The van der Waals surface area contributed by atoms with Crippen molar-refractivity contribution in [3.05, 3.63) is 12.2 Å². The highest BCUT2D eigenvalue weighted by Crippen LogP contribution is 2.33. The Kier molecular flexibility index (Phi) is 3.11. The second kappa shape index (κ2) is 4.63. The van der Waals surface area contributed by atoms with Crippen LogP contribution in [0.25, 0.3) is 0 Å². The zero-order valence-electron chi connectivity index (χ0n) is 11.4. The van der Waals surface area contributed by atoms with Crippen LogP contribution in [0.4, 0.5) is 0 Å². The standard InChI is InChI=1S/C13H23N5/c1-11-7-15-13(5-3-4-6-13)9-18(11)8-12-14-10-16-17(12)2/h10-11,15H,3-9H2,1-2H3. The summed E-state index contributed by atoms with van der Waals surface area (Å²) in [7, 11) is 1.97. The summed E-state index contributed by atoms with van der Waals surface area (Å²) in [5, 5.41) is 7.94. The fourth-order valence-electron chi connectivity index (χ4n) is 3.34. The summed E-state index contributed by atoms with van der Waals surface area (Å²) in [5.74, 6) is 1.07. The van der Waals surface area contributed by atoms with E-state index < -0.39 is 0 Å². The van der Waals surface area contributed by atoms with Gasteiger partial charge in [0.15, 0.2) is 0 Å². The minimum atomic E-state index is 0.380. The fraction of sp³-hybridized carbons (Fsp3) is 0.846. The molecule has 1 aromatic rings. The second-order valence-corrected chi connectivity index (χ2v) is 5.92. The molecule has 5 heteroatoms. The van der Waals surface area contributed by atoms with Crippen molar-refractivity contribution in [2.45, 2.75) is 50.7 Å². The van der Waals surface area contributed by atoms with Gasteiger partial charge in [-0.25, -0.2) is 4.98 Å². The number of hydrogen-bond acceptors (Lipinski definition) is 4. The van der Waals surface area contributed by atoms with Gasteiger partial charge in [-0.2, -0.15) is 5.10 Å². The van der Waals surface area contributed by atoms with Crippen molar-refractivity contribution in [3.63, 3.8) is 0 Å². The van der Waals surface area contributed by atoms with Gasteiger partial charge in [0.25, 0.3) is 0 Å². The van der Waals surface area contributed by atoms with Gasteiger partial charge in [0.05, 0.1) is 6.54 Å². The number of nitrogens with one attached hydrogen (secondary N) is 1. The molecule has 1 aliphatic carbocycles. The van der Waals surface area contributed by atoms with Crippen LogP contribution in [0.15, 0.2) is 6.33 Å². The van der Waals surface area contributed by atoms with E-state index in [0.29, 0.717) is 11.6 Å². The molecule has 1 saturated heterocycles. The van der Waals surface area contributed by atoms with Gasteiger partial charge < -0.3 is 5.32 Å². The molecule has 1 atom stereocenters. The van der Waals surface area contributed by atoms with Gasteiger partial charge in [0, 0.05) is 31.7 Å². The van der Waals surface area contributed by atoms with Crippen molar-refractivity contribution < 1.29 is 0 Å². The van der Waals surface area contributed by atoms with Crippen molar-refractivity contribution in [1.29, 1.82) is 0 Å². The maximum Gasteiger partial charge on any atom is 0.140 e. The van der Waals surface area contributed by atoms with E-state index >= 15 is 0 Å². The molecule has 3 rings (SSSR count). The molecule has 2 heterocycles. The number of aromatic nitrogens is 3. The molecule has 2 fully saturated rings. The molecular formula is C13H23N5. The van der Waals surface area contributed by atoms with Crippen LogP contribution in [0.3, 0.4) is 0 Å². The van der Waals surface area contributed by atoms with Crippen LogP contribution in [0, 0.1) is 0 Å². The van der Waals surface area contributed by atoms with Crippen LogP contribution >= 0.6 is 0 Å². The molecule has 1 unspecified atom stereocenters. The fourth-order valence-corrected chi connectivity index (χ4v) is 3.34. The number of piperazine rings is 1. The Labute approximate surface area is 109 Å². The minimum Gasteiger partial charge on any atom is -0.308 e. The van der Waals surface area contributed by atoms with E-state index in [1.165, 1.54) is 25.7 Å². The van der Waals surface area contributed by atoms with E-state index in [1.54, 1.807) is 6.33 Å². The summed E-state index contributed by atoms with van der Waals surface area (Å²) < 4.78 is 1.88. The van der Waals surface area contributed by atoms with Crippen molar-refractivity contribution >= 4 is 0 Å². The molecule has 1 saturated carbocycles. The molecule has 0 bridgehead atoms. The highest BCUT2D eigenvalue weighted by atomic mass is 15.3. The zero-order chi connectivity index (χ0) is 12.6. The van der Waals surface area contributed by atoms with Crippen LogP contribution in [0.1, 0.15) is 38.4 Å². The lowest BCUT2D eigenvalue weighted by molar-refractivity contribution is 0.0793. The first kappa shape index (κ1) is 12.1. The Morgan fingerprint density at radius 1 is 1.44 bits per heavy atom. The quantitative estimate of drug-likeness (QED) is 0.846. The summed E-state index contributed by atoms with van der Waals surface area (Å²) >= 11 is 0. The van der Waals surface area contributed by atoms with Gasteiger partial charge in [0.2, 0.25) is 0 Å². The smallest absolute Gasteiger partial charge is 0.140 e. The maximum atomic E-state index is 4.35. The zero-order valence-corrected chi connectivity index (χ0v) is 11.4. The molecule has 18 heavy (non-hydrogen) atoms. The van der Waals surface area contributed by atoms with Gasteiger partial charge in [-0.05, 0) is 19.8 Å². The van der Waals surface area contributed by atoms with Gasteiger partial charge in [0.1, 0.15) is 12.2 Å². The second-order valence-electron chi connectivity index (χ2n) is 5.92. The Hall–Kier alpha value is -0.940. The molecule has 5 nitrogen and oxygen atoms in total. The number of nitrogens with zero attached hydrogens (tertiary/aromatic N) is 4. The maximum absolute atomic E-state index is 4.35. The first-order chi connectivity index (χ1) is 8.69. The minimum absolute atomic E-state index is 0.380. The number of hydrogen-bond donors (Lipinski definition) is 1. The third kappa shape index (κ3) is 2.17. The lowest BCUT2D eigenvalue weighted by atomic mass is 9.92. The Morgan fingerprint density at radius 3 is 2.89 bits per heavy atom. The van der Waals surface area contributed by atoms with Crippen LogP contribution in [-0.2, 0) is 13.6 Å².